The largest absolute Gasteiger partial charge is 0.455 e. The van der Waals surface area contributed by atoms with Crippen LogP contribution in [0.4, 0.5) is 0 Å². The van der Waals surface area contributed by atoms with Gasteiger partial charge in [-0.2, -0.15) is 0 Å². The molecule has 14 aromatic rings. The Morgan fingerprint density at radius 1 is 0.407 bits per heavy atom. The fraction of sp³-hybridized carbons (Fsp3) is 0. The molecule has 0 radical (unpaired) electrons. The number of nitrogens with zero attached hydrogens (tertiary/aromatic N) is 4. The molecule has 0 unspecified atom stereocenters. The zero-order valence-electron chi connectivity index (χ0n) is 31.4. The third-order valence-corrected chi connectivity index (χ3v) is 12.4. The van der Waals surface area contributed by atoms with Gasteiger partial charge in [-0.3, -0.25) is 4.40 Å². The highest BCUT2D eigenvalue weighted by Gasteiger charge is 2.26. The lowest BCUT2D eigenvalue weighted by Gasteiger charge is -2.12. The van der Waals surface area contributed by atoms with Crippen LogP contribution in [-0.4, -0.2) is 18.5 Å². The molecule has 0 spiro atoms. The predicted octanol–water partition coefficient (Wildman–Crippen LogP) is 14.1. The lowest BCUT2D eigenvalue weighted by molar-refractivity contribution is 0.650. The Kier molecular flexibility index (Phi) is 5.93. The van der Waals surface area contributed by atoms with Gasteiger partial charge >= 0.3 is 0 Å². The fourth-order valence-electron chi connectivity index (χ4n) is 9.93. The van der Waals surface area contributed by atoms with Crippen LogP contribution >= 0.6 is 0 Å². The second-order valence-corrected chi connectivity index (χ2v) is 15.5. The molecule has 14 rings (SSSR count). The third kappa shape index (κ3) is 4.06. The summed E-state index contributed by atoms with van der Waals surface area (Å²) in [6.45, 7) is 0. The van der Waals surface area contributed by atoms with Crippen LogP contribution < -0.4 is 0 Å². The van der Waals surface area contributed by atoms with Crippen LogP contribution in [0.15, 0.2) is 191 Å². The van der Waals surface area contributed by atoms with E-state index >= 15 is 0 Å². The normalized spacial score (nSPS) is 12.4. The molecule has 0 atom stereocenters. The number of benzene rings is 8. The fourth-order valence-corrected chi connectivity index (χ4v) is 9.93. The second-order valence-electron chi connectivity index (χ2n) is 15.5. The van der Waals surface area contributed by atoms with Crippen LogP contribution in [0.5, 0.6) is 0 Å². The number of rotatable bonds is 3. The number of pyridine rings is 1. The summed E-state index contributed by atoms with van der Waals surface area (Å²) in [6, 6.07) is 64.6. The summed E-state index contributed by atoms with van der Waals surface area (Å²) >= 11 is 0. The van der Waals surface area contributed by atoms with Crippen molar-refractivity contribution in [3.8, 4) is 22.5 Å². The second kappa shape index (κ2) is 11.3. The molecule has 0 bridgehead atoms. The topological polar surface area (TPSA) is 53.4 Å². The maximum absolute atomic E-state index is 6.84. The Bertz CT molecular complexity index is 4030. The van der Waals surface area contributed by atoms with E-state index in [0.29, 0.717) is 0 Å². The third-order valence-electron chi connectivity index (χ3n) is 12.4. The zero-order valence-corrected chi connectivity index (χ0v) is 31.4. The van der Waals surface area contributed by atoms with E-state index < -0.39 is 0 Å². The molecule has 0 aliphatic rings. The lowest BCUT2D eigenvalue weighted by Crippen LogP contribution is -1.97. The first-order valence-corrected chi connectivity index (χ1v) is 20.0. The average molecular weight is 755 g/mol. The van der Waals surface area contributed by atoms with Crippen molar-refractivity contribution in [3.05, 3.63) is 182 Å². The average Bonchev–Trinajstić information content (AvgIpc) is 4.10. The van der Waals surface area contributed by atoms with Gasteiger partial charge < -0.3 is 18.0 Å². The van der Waals surface area contributed by atoms with Gasteiger partial charge in [0, 0.05) is 49.3 Å². The minimum atomic E-state index is 0.780. The highest BCUT2D eigenvalue weighted by molar-refractivity contribution is 6.29. The van der Waals surface area contributed by atoms with Gasteiger partial charge in [0.1, 0.15) is 16.7 Å². The number of para-hydroxylation sites is 7. The van der Waals surface area contributed by atoms with Crippen LogP contribution in [0.25, 0.3) is 127 Å². The van der Waals surface area contributed by atoms with Gasteiger partial charge in [0.2, 0.25) is 5.71 Å². The molecule has 59 heavy (non-hydrogen) atoms. The quantitative estimate of drug-likeness (QED) is 0.180. The monoisotopic (exact) mass is 754 g/mol. The summed E-state index contributed by atoms with van der Waals surface area (Å²) in [7, 11) is 0. The van der Waals surface area contributed by atoms with Gasteiger partial charge in [-0.15, -0.1) is 0 Å². The molecule has 0 saturated carbocycles. The summed E-state index contributed by atoms with van der Waals surface area (Å²) in [5.41, 5.74) is 15.0. The van der Waals surface area contributed by atoms with Gasteiger partial charge in [-0.05, 0) is 72.3 Å². The van der Waals surface area contributed by atoms with E-state index in [-0.39, 0.29) is 0 Å². The smallest absolute Gasteiger partial charge is 0.216 e. The van der Waals surface area contributed by atoms with E-state index in [2.05, 4.69) is 177 Å². The van der Waals surface area contributed by atoms with E-state index in [9.17, 15) is 0 Å². The molecule has 274 valence electrons. The minimum absolute atomic E-state index is 0.780. The van der Waals surface area contributed by atoms with Crippen molar-refractivity contribution in [1.29, 1.82) is 0 Å². The molecule has 0 aliphatic carbocycles. The molecular formula is C53H30N4O2. The van der Waals surface area contributed by atoms with Gasteiger partial charge in [0.25, 0.3) is 0 Å². The standard InChI is InChI=1S/C53H30N4O2/c1-6-19-42-35(12-1)36-13-2-7-20-43(36)55(42)33-28-29-44-40(30-33)48-50(49-39-15-4-10-23-47(39)59-53(49)57-45-21-8-5-18-41(45)54-52(48)57)56(44)32-26-24-31(25-27-32)34-16-11-17-38-37-14-3-9-22-46(37)58-51(34)38/h1-30H. The first kappa shape index (κ1) is 31.0. The van der Waals surface area contributed by atoms with Gasteiger partial charge in [-0.1, -0.05) is 115 Å². The van der Waals surface area contributed by atoms with Crippen LogP contribution in [0, 0.1) is 0 Å². The van der Waals surface area contributed by atoms with Crippen molar-refractivity contribution in [2.75, 3.05) is 0 Å². The van der Waals surface area contributed by atoms with Crippen LogP contribution in [0.3, 0.4) is 0 Å². The van der Waals surface area contributed by atoms with Gasteiger partial charge in [0.05, 0.1) is 43.9 Å². The number of furan rings is 2. The van der Waals surface area contributed by atoms with E-state index in [1.165, 1.54) is 21.8 Å². The Morgan fingerprint density at radius 3 is 1.80 bits per heavy atom. The number of hydrogen-bond donors (Lipinski definition) is 0. The SMILES string of the molecule is c1ccc2c(c1)nc1c3c4cc(-n5c6ccccc6c6ccccc65)ccc4n(-c4ccc(-c5cccc6c5oc5ccccc56)cc4)c3c3c4ccccc4oc3n21. The number of aromatic nitrogens is 4. The summed E-state index contributed by atoms with van der Waals surface area (Å²) < 4.78 is 20.3. The van der Waals surface area contributed by atoms with Crippen LogP contribution in [0.2, 0.25) is 0 Å². The summed E-state index contributed by atoms with van der Waals surface area (Å²) in [5, 5.41) is 9.02. The van der Waals surface area contributed by atoms with E-state index in [1.54, 1.807) is 0 Å². The molecule has 6 nitrogen and oxygen atoms in total. The van der Waals surface area contributed by atoms with Crippen LogP contribution in [-0.2, 0) is 0 Å². The molecule has 0 amide bonds. The molecule has 0 N–H and O–H groups in total. The zero-order chi connectivity index (χ0) is 38.3. The van der Waals surface area contributed by atoms with Crippen molar-refractivity contribution < 1.29 is 8.83 Å². The summed E-state index contributed by atoms with van der Waals surface area (Å²) in [4.78, 5) is 5.39. The molecule has 0 saturated heterocycles. The molecule has 6 aromatic heterocycles. The molecule has 6 heteroatoms. The maximum Gasteiger partial charge on any atom is 0.216 e. The van der Waals surface area contributed by atoms with E-state index in [1.807, 2.05) is 18.2 Å². The Balaban J connectivity index is 1.11. The van der Waals surface area contributed by atoms with Crippen LogP contribution in [0.1, 0.15) is 0 Å². The van der Waals surface area contributed by atoms with E-state index in [0.717, 1.165) is 105 Å². The molecule has 0 aliphatic heterocycles. The summed E-state index contributed by atoms with van der Waals surface area (Å²) in [5.74, 6) is 0. The molecule has 6 heterocycles. The predicted molar refractivity (Wildman–Crippen MR) is 241 cm³/mol. The maximum atomic E-state index is 6.84. The Hall–Kier alpha value is -8.09. The molecular weight excluding hydrogens is 725 g/mol. The van der Waals surface area contributed by atoms with Crippen molar-refractivity contribution in [2.24, 2.45) is 0 Å². The minimum Gasteiger partial charge on any atom is -0.455 e. The molecule has 0 fully saturated rings. The van der Waals surface area contributed by atoms with Gasteiger partial charge in [0.15, 0.2) is 5.65 Å². The Morgan fingerprint density at radius 2 is 1.02 bits per heavy atom. The number of imidazole rings is 1. The summed E-state index contributed by atoms with van der Waals surface area (Å²) in [6.07, 6.45) is 0. The highest BCUT2D eigenvalue weighted by Crippen LogP contribution is 2.45. The van der Waals surface area contributed by atoms with Crippen molar-refractivity contribution >= 4 is 104 Å². The number of hydrogen-bond acceptors (Lipinski definition) is 3. The van der Waals surface area contributed by atoms with Gasteiger partial charge in [-0.25, -0.2) is 4.98 Å². The first-order chi connectivity index (χ1) is 29.3. The number of fused-ring (bicyclic) bond motifs is 18. The van der Waals surface area contributed by atoms with Crippen molar-refractivity contribution in [3.63, 3.8) is 0 Å². The Labute approximate surface area is 335 Å². The van der Waals surface area contributed by atoms with Crippen molar-refractivity contribution in [1.82, 2.24) is 18.5 Å². The van der Waals surface area contributed by atoms with Crippen molar-refractivity contribution in [2.45, 2.75) is 0 Å². The lowest BCUT2D eigenvalue weighted by atomic mass is 10.0. The van der Waals surface area contributed by atoms with E-state index in [4.69, 9.17) is 13.8 Å². The molecule has 8 aromatic carbocycles. The first-order valence-electron chi connectivity index (χ1n) is 20.0. The highest BCUT2D eigenvalue weighted by atomic mass is 16.3.